The highest BCUT2D eigenvalue weighted by Gasteiger charge is 2.12. The van der Waals surface area contributed by atoms with Crippen molar-refractivity contribution in [1.82, 2.24) is 4.90 Å². The molecule has 19 heavy (non-hydrogen) atoms. The molecule has 0 aromatic heterocycles. The maximum atomic E-state index is 10.0. The molecule has 0 spiro atoms. The second-order valence-corrected chi connectivity index (χ2v) is 4.73. The lowest BCUT2D eigenvalue weighted by molar-refractivity contribution is 0.123. The number of aliphatic hydroxyl groups excluding tert-OH is 1. The number of aliphatic hydroxyl groups is 1. The molecule has 0 aliphatic heterocycles. The normalized spacial score (nSPS) is 12.8. The number of hydrogen-bond acceptors (Lipinski definition) is 5. The van der Waals surface area contributed by atoms with Gasteiger partial charge in [-0.1, -0.05) is 6.07 Å². The smallest absolute Gasteiger partial charge is 0.157 e. The van der Waals surface area contributed by atoms with Gasteiger partial charge in [0, 0.05) is 20.3 Å². The van der Waals surface area contributed by atoms with Crippen LogP contribution in [0.25, 0.3) is 0 Å². The Morgan fingerprint density at radius 2 is 1.95 bits per heavy atom. The van der Waals surface area contributed by atoms with Gasteiger partial charge < -0.3 is 25.0 Å². The Morgan fingerprint density at radius 3 is 2.58 bits per heavy atom. The van der Waals surface area contributed by atoms with Crippen LogP contribution in [0.15, 0.2) is 18.2 Å². The molecule has 1 rings (SSSR count). The molecular weight excluding hydrogens is 246 g/mol. The Morgan fingerprint density at radius 1 is 1.21 bits per heavy atom. The summed E-state index contributed by atoms with van der Waals surface area (Å²) in [4.78, 5) is 2.03. The number of benzene rings is 1. The molecule has 0 heterocycles. The predicted molar refractivity (Wildman–Crippen MR) is 73.3 cm³/mol. The Hall–Kier alpha value is -1.30. The van der Waals surface area contributed by atoms with Gasteiger partial charge in [0.1, 0.15) is 0 Å². The van der Waals surface area contributed by atoms with Crippen LogP contribution < -0.4 is 0 Å². The van der Waals surface area contributed by atoms with Crippen LogP contribution in [0.5, 0.6) is 11.5 Å². The largest absolute Gasteiger partial charge is 0.504 e. The van der Waals surface area contributed by atoms with Gasteiger partial charge in [-0.05, 0) is 44.1 Å². The van der Waals surface area contributed by atoms with Crippen molar-refractivity contribution in [1.29, 1.82) is 0 Å². The van der Waals surface area contributed by atoms with Gasteiger partial charge in [-0.2, -0.15) is 0 Å². The summed E-state index contributed by atoms with van der Waals surface area (Å²) in [6, 6.07) is 4.38. The highest BCUT2D eigenvalue weighted by molar-refractivity contribution is 5.41. The van der Waals surface area contributed by atoms with Crippen LogP contribution in [0.1, 0.15) is 24.5 Å². The number of methoxy groups -OCH3 is 1. The summed E-state index contributed by atoms with van der Waals surface area (Å²) in [6.45, 7) is 2.11. The minimum absolute atomic E-state index is 0.177. The fraction of sp³-hybridized carbons (Fsp3) is 0.571. The molecule has 1 aromatic carbocycles. The first-order chi connectivity index (χ1) is 9.04. The van der Waals surface area contributed by atoms with Crippen molar-refractivity contribution in [2.45, 2.75) is 18.9 Å². The molecule has 3 N–H and O–H groups in total. The van der Waals surface area contributed by atoms with Crippen molar-refractivity contribution in [3.63, 3.8) is 0 Å². The number of rotatable bonds is 8. The second kappa shape index (κ2) is 7.99. The maximum absolute atomic E-state index is 10.0. The monoisotopic (exact) mass is 269 g/mol. The number of phenols is 2. The average molecular weight is 269 g/mol. The molecule has 5 heteroatoms. The molecule has 0 saturated carbocycles. The lowest BCUT2D eigenvalue weighted by Crippen LogP contribution is -2.25. The summed E-state index contributed by atoms with van der Waals surface area (Å²) in [5.41, 5.74) is 0.596. The van der Waals surface area contributed by atoms with Crippen molar-refractivity contribution in [2.24, 2.45) is 0 Å². The number of unbranched alkanes of at least 4 members (excludes halogenated alkanes) is 1. The number of phenolic OH excluding ortho intramolecular Hbond substituents is 2. The molecular formula is C14H23NO4. The number of nitrogens with zero attached hydrogens (tertiary/aromatic N) is 1. The molecule has 0 saturated heterocycles. The second-order valence-electron chi connectivity index (χ2n) is 4.73. The average Bonchev–Trinajstić information content (AvgIpc) is 2.38. The molecule has 0 aliphatic carbocycles. The van der Waals surface area contributed by atoms with Gasteiger partial charge in [0.25, 0.3) is 0 Å². The number of aromatic hydroxyl groups is 2. The molecule has 0 aliphatic rings. The number of likely N-dealkylation sites (N-methyl/N-ethyl adjacent to an activating group) is 1. The van der Waals surface area contributed by atoms with Crippen molar-refractivity contribution < 1.29 is 20.1 Å². The van der Waals surface area contributed by atoms with Crippen molar-refractivity contribution >= 4 is 0 Å². The van der Waals surface area contributed by atoms with E-state index in [0.717, 1.165) is 26.0 Å². The first kappa shape index (κ1) is 15.8. The van der Waals surface area contributed by atoms with Crippen molar-refractivity contribution in [2.75, 3.05) is 33.9 Å². The van der Waals surface area contributed by atoms with E-state index < -0.39 is 6.10 Å². The summed E-state index contributed by atoms with van der Waals surface area (Å²) in [5.74, 6) is -0.386. The number of hydrogen-bond donors (Lipinski definition) is 3. The topological polar surface area (TPSA) is 73.2 Å². The number of ether oxygens (including phenoxy) is 1. The molecule has 1 aromatic rings. The Bertz CT molecular complexity index is 384. The zero-order valence-electron chi connectivity index (χ0n) is 11.5. The molecule has 0 bridgehead atoms. The first-order valence-electron chi connectivity index (χ1n) is 6.42. The van der Waals surface area contributed by atoms with Gasteiger partial charge in [-0.25, -0.2) is 0 Å². The third kappa shape index (κ3) is 5.46. The fourth-order valence-electron chi connectivity index (χ4n) is 1.87. The van der Waals surface area contributed by atoms with Crippen LogP contribution in [-0.4, -0.2) is 54.1 Å². The van der Waals surface area contributed by atoms with Gasteiger partial charge >= 0.3 is 0 Å². The third-order valence-electron chi connectivity index (χ3n) is 3.01. The summed E-state index contributed by atoms with van der Waals surface area (Å²) in [6.07, 6.45) is 1.33. The third-order valence-corrected chi connectivity index (χ3v) is 3.01. The van der Waals surface area contributed by atoms with E-state index in [9.17, 15) is 15.3 Å². The summed E-state index contributed by atoms with van der Waals surface area (Å²) in [7, 11) is 3.63. The minimum atomic E-state index is -0.682. The highest BCUT2D eigenvalue weighted by Crippen LogP contribution is 2.27. The first-order valence-corrected chi connectivity index (χ1v) is 6.42. The molecule has 0 unspecified atom stereocenters. The Labute approximate surface area is 114 Å². The molecule has 0 fully saturated rings. The zero-order valence-corrected chi connectivity index (χ0v) is 11.5. The van der Waals surface area contributed by atoms with E-state index >= 15 is 0 Å². The lowest BCUT2D eigenvalue weighted by atomic mass is 10.1. The maximum Gasteiger partial charge on any atom is 0.157 e. The van der Waals surface area contributed by atoms with Crippen LogP contribution in [-0.2, 0) is 4.74 Å². The molecule has 5 nitrogen and oxygen atoms in total. The van der Waals surface area contributed by atoms with Gasteiger partial charge in [-0.3, -0.25) is 0 Å². The van der Waals surface area contributed by atoms with E-state index in [1.165, 1.54) is 12.1 Å². The van der Waals surface area contributed by atoms with Crippen LogP contribution in [0.4, 0.5) is 0 Å². The zero-order chi connectivity index (χ0) is 14.3. The van der Waals surface area contributed by atoms with E-state index in [4.69, 9.17) is 4.74 Å². The van der Waals surface area contributed by atoms with Gasteiger partial charge in [0.15, 0.2) is 11.5 Å². The lowest BCUT2D eigenvalue weighted by Gasteiger charge is -2.20. The van der Waals surface area contributed by atoms with E-state index in [2.05, 4.69) is 0 Å². The van der Waals surface area contributed by atoms with E-state index in [0.29, 0.717) is 12.1 Å². The summed E-state index contributed by atoms with van der Waals surface area (Å²) < 4.78 is 4.98. The molecule has 0 radical (unpaired) electrons. The Balaban J connectivity index is 2.40. The van der Waals surface area contributed by atoms with Gasteiger partial charge in [0.05, 0.1) is 6.10 Å². The molecule has 1 atom stereocenters. The van der Waals surface area contributed by atoms with Crippen LogP contribution in [0.3, 0.4) is 0 Å². The fourth-order valence-corrected chi connectivity index (χ4v) is 1.87. The van der Waals surface area contributed by atoms with E-state index in [-0.39, 0.29) is 11.5 Å². The molecule has 108 valence electrons. The molecule has 0 amide bonds. The SMILES string of the molecule is COCCCCN(C)C[C@H](O)c1ccc(O)c(O)c1. The summed E-state index contributed by atoms with van der Waals surface area (Å²) >= 11 is 0. The van der Waals surface area contributed by atoms with Gasteiger partial charge in [0.2, 0.25) is 0 Å². The van der Waals surface area contributed by atoms with Crippen LogP contribution in [0.2, 0.25) is 0 Å². The van der Waals surface area contributed by atoms with E-state index in [1.807, 2.05) is 11.9 Å². The standard InChI is InChI=1S/C14H23NO4/c1-15(7-3-4-8-19-2)10-14(18)11-5-6-12(16)13(17)9-11/h5-6,9,14,16-18H,3-4,7-8,10H2,1-2H3/t14-/m0/s1. The van der Waals surface area contributed by atoms with Crippen molar-refractivity contribution in [3.8, 4) is 11.5 Å². The van der Waals surface area contributed by atoms with Gasteiger partial charge in [-0.15, -0.1) is 0 Å². The van der Waals surface area contributed by atoms with E-state index in [1.54, 1.807) is 13.2 Å². The van der Waals surface area contributed by atoms with Crippen LogP contribution >= 0.6 is 0 Å². The predicted octanol–water partition coefficient (Wildman–Crippen LogP) is 1.49. The minimum Gasteiger partial charge on any atom is -0.504 e. The van der Waals surface area contributed by atoms with Crippen molar-refractivity contribution in [3.05, 3.63) is 23.8 Å². The highest BCUT2D eigenvalue weighted by atomic mass is 16.5. The van der Waals surface area contributed by atoms with Crippen LogP contribution in [0, 0.1) is 0 Å². The Kier molecular flexibility index (Phi) is 6.62. The quantitative estimate of drug-likeness (QED) is 0.492. The summed E-state index contributed by atoms with van der Waals surface area (Å²) in [5, 5.41) is 28.7.